The number of hydrogen-bond acceptors (Lipinski definition) is 7. The molecule has 0 unspecified atom stereocenters. The molecule has 24 heavy (non-hydrogen) atoms. The highest BCUT2D eigenvalue weighted by atomic mass is 19.4. The van der Waals surface area contributed by atoms with Gasteiger partial charge in [-0.25, -0.2) is 0 Å². The van der Waals surface area contributed by atoms with Crippen LogP contribution in [0.3, 0.4) is 0 Å². The molecule has 0 amide bonds. The third-order valence-corrected chi connectivity index (χ3v) is 2.70. The maximum atomic E-state index is 12.2. The summed E-state index contributed by atoms with van der Waals surface area (Å²) in [5.74, 6) is 1.03. The molecule has 0 spiro atoms. The molecule has 0 aliphatic carbocycles. The van der Waals surface area contributed by atoms with Crippen LogP contribution in [0.2, 0.25) is 0 Å². The van der Waals surface area contributed by atoms with Crippen molar-refractivity contribution < 1.29 is 17.9 Å². The molecular formula is C12H11F3N8O. The second kappa shape index (κ2) is 6.60. The largest absolute Gasteiger partial charge is 0.485 e. The molecule has 3 aromatic rings. The summed E-state index contributed by atoms with van der Waals surface area (Å²) in [5, 5.41) is 22.0. The summed E-state index contributed by atoms with van der Waals surface area (Å²) in [6, 6.07) is 9.09. The maximum absolute atomic E-state index is 12.2. The standard InChI is InChI=1S/C12H11F3N8O/c13-12(14,15)8-23-18-10(16-21-23)6-22-19-11(17-20-22)7-24-9-4-2-1-3-5-9/h1-5H,6-8H2. The molecule has 1 aromatic carbocycles. The van der Waals surface area contributed by atoms with Crippen LogP contribution >= 0.6 is 0 Å². The van der Waals surface area contributed by atoms with Crippen molar-refractivity contribution in [1.29, 1.82) is 0 Å². The SMILES string of the molecule is FC(F)(F)Cn1nnc(Cn2nnc(COc3ccccc3)n2)n1. The van der Waals surface area contributed by atoms with Gasteiger partial charge >= 0.3 is 6.18 Å². The molecule has 3 rings (SSSR count). The first kappa shape index (κ1) is 15.8. The molecule has 0 saturated carbocycles. The van der Waals surface area contributed by atoms with E-state index in [9.17, 15) is 13.2 Å². The zero-order valence-corrected chi connectivity index (χ0v) is 12.1. The van der Waals surface area contributed by atoms with E-state index >= 15 is 0 Å². The summed E-state index contributed by atoms with van der Waals surface area (Å²) < 4.78 is 42.1. The van der Waals surface area contributed by atoms with Crippen LogP contribution in [0.1, 0.15) is 11.6 Å². The van der Waals surface area contributed by atoms with Gasteiger partial charge in [-0.2, -0.15) is 22.8 Å². The Morgan fingerprint density at radius 1 is 0.917 bits per heavy atom. The van der Waals surface area contributed by atoms with Crippen molar-refractivity contribution >= 4 is 0 Å². The van der Waals surface area contributed by atoms with E-state index < -0.39 is 12.7 Å². The van der Waals surface area contributed by atoms with Gasteiger partial charge in [0.05, 0.1) is 0 Å². The van der Waals surface area contributed by atoms with Gasteiger partial charge in [0, 0.05) is 0 Å². The van der Waals surface area contributed by atoms with Crippen molar-refractivity contribution in [2.75, 3.05) is 0 Å². The van der Waals surface area contributed by atoms with Gasteiger partial charge < -0.3 is 4.74 Å². The Labute approximate surface area is 133 Å². The third-order valence-electron chi connectivity index (χ3n) is 2.70. The monoisotopic (exact) mass is 340 g/mol. The first-order valence-corrected chi connectivity index (χ1v) is 6.76. The fourth-order valence-electron chi connectivity index (χ4n) is 1.76. The molecule has 0 atom stereocenters. The van der Waals surface area contributed by atoms with E-state index in [2.05, 4.69) is 30.8 Å². The molecular weight excluding hydrogens is 329 g/mol. The summed E-state index contributed by atoms with van der Waals surface area (Å²) in [4.78, 5) is 1.62. The number of para-hydroxylation sites is 1. The van der Waals surface area contributed by atoms with Crippen LogP contribution in [0.5, 0.6) is 5.75 Å². The highest BCUT2D eigenvalue weighted by Gasteiger charge is 2.29. The molecule has 0 aliphatic heterocycles. The van der Waals surface area contributed by atoms with E-state index in [0.29, 0.717) is 16.4 Å². The van der Waals surface area contributed by atoms with Gasteiger partial charge in [0.15, 0.2) is 19.0 Å². The molecule has 0 N–H and O–H groups in total. The van der Waals surface area contributed by atoms with Crippen molar-refractivity contribution in [3.8, 4) is 5.75 Å². The third kappa shape index (κ3) is 4.47. The van der Waals surface area contributed by atoms with Crippen LogP contribution in [0.15, 0.2) is 30.3 Å². The van der Waals surface area contributed by atoms with Crippen molar-refractivity contribution in [2.45, 2.75) is 25.9 Å². The summed E-state index contributed by atoms with van der Waals surface area (Å²) in [5.41, 5.74) is 0. The van der Waals surface area contributed by atoms with Gasteiger partial charge in [-0.1, -0.05) is 18.2 Å². The Morgan fingerprint density at radius 2 is 1.58 bits per heavy atom. The van der Waals surface area contributed by atoms with Crippen molar-refractivity contribution in [1.82, 2.24) is 40.4 Å². The number of aromatic nitrogens is 8. The van der Waals surface area contributed by atoms with Gasteiger partial charge in [-0.3, -0.25) is 0 Å². The molecule has 0 radical (unpaired) electrons. The van der Waals surface area contributed by atoms with Crippen molar-refractivity contribution in [3.05, 3.63) is 42.0 Å². The minimum Gasteiger partial charge on any atom is -0.485 e. The Morgan fingerprint density at radius 3 is 2.33 bits per heavy atom. The molecule has 2 heterocycles. The summed E-state index contributed by atoms with van der Waals surface area (Å²) in [7, 11) is 0. The number of alkyl halides is 3. The van der Waals surface area contributed by atoms with E-state index in [0.717, 1.165) is 4.80 Å². The molecule has 0 saturated heterocycles. The lowest BCUT2D eigenvalue weighted by Crippen LogP contribution is -2.20. The first-order valence-electron chi connectivity index (χ1n) is 6.76. The number of benzene rings is 1. The minimum absolute atomic E-state index is 0.0454. The minimum atomic E-state index is -4.41. The van der Waals surface area contributed by atoms with Crippen LogP contribution in [-0.2, 0) is 19.7 Å². The summed E-state index contributed by atoms with van der Waals surface area (Å²) in [6.07, 6.45) is -4.41. The fraction of sp³-hybridized carbons (Fsp3) is 0.333. The fourth-order valence-corrected chi connectivity index (χ4v) is 1.76. The number of ether oxygens (including phenoxy) is 1. The molecule has 126 valence electrons. The highest BCUT2D eigenvalue weighted by Crippen LogP contribution is 2.15. The van der Waals surface area contributed by atoms with E-state index in [1.54, 1.807) is 12.1 Å². The first-order chi connectivity index (χ1) is 11.5. The Balaban J connectivity index is 1.56. The predicted molar refractivity (Wildman–Crippen MR) is 71.6 cm³/mol. The molecule has 2 aromatic heterocycles. The van der Waals surface area contributed by atoms with Crippen LogP contribution in [0.25, 0.3) is 0 Å². The lowest BCUT2D eigenvalue weighted by molar-refractivity contribution is -0.145. The van der Waals surface area contributed by atoms with Gasteiger partial charge in [-0.15, -0.1) is 20.4 Å². The zero-order valence-electron chi connectivity index (χ0n) is 12.1. The molecule has 0 bridgehead atoms. The summed E-state index contributed by atoms with van der Waals surface area (Å²) >= 11 is 0. The number of tetrazole rings is 2. The van der Waals surface area contributed by atoms with Gasteiger partial charge in [0.1, 0.15) is 12.3 Å². The van der Waals surface area contributed by atoms with Crippen LogP contribution in [-0.4, -0.2) is 46.6 Å². The van der Waals surface area contributed by atoms with Gasteiger partial charge in [0.25, 0.3) is 0 Å². The topological polar surface area (TPSA) is 96.4 Å². The van der Waals surface area contributed by atoms with E-state index in [1.165, 1.54) is 0 Å². The van der Waals surface area contributed by atoms with Gasteiger partial charge in [-0.05, 0) is 22.6 Å². The summed E-state index contributed by atoms with van der Waals surface area (Å²) in [6.45, 7) is -1.24. The van der Waals surface area contributed by atoms with E-state index in [-0.39, 0.29) is 19.0 Å². The molecule has 0 fully saturated rings. The predicted octanol–water partition coefficient (Wildman–Crippen LogP) is 0.849. The van der Waals surface area contributed by atoms with Crippen LogP contribution < -0.4 is 4.74 Å². The van der Waals surface area contributed by atoms with Gasteiger partial charge in [0.2, 0.25) is 5.82 Å². The van der Waals surface area contributed by atoms with Crippen molar-refractivity contribution in [2.24, 2.45) is 0 Å². The Bertz CT molecular complexity index is 785. The maximum Gasteiger partial charge on any atom is 0.409 e. The van der Waals surface area contributed by atoms with Crippen LogP contribution in [0, 0.1) is 0 Å². The number of hydrogen-bond donors (Lipinski definition) is 0. The quantitative estimate of drug-likeness (QED) is 0.656. The highest BCUT2D eigenvalue weighted by molar-refractivity contribution is 5.20. The lowest BCUT2D eigenvalue weighted by Gasteiger charge is -2.02. The number of nitrogens with zero attached hydrogens (tertiary/aromatic N) is 8. The zero-order chi connectivity index (χ0) is 17.0. The number of halogens is 3. The Hall–Kier alpha value is -3.05. The average Bonchev–Trinajstić information content (AvgIpc) is 3.15. The Kier molecular flexibility index (Phi) is 4.35. The average molecular weight is 340 g/mol. The lowest BCUT2D eigenvalue weighted by atomic mass is 10.3. The normalized spacial score (nSPS) is 11.6. The van der Waals surface area contributed by atoms with E-state index in [1.807, 2.05) is 18.2 Å². The molecule has 9 nitrogen and oxygen atoms in total. The molecule has 12 heteroatoms. The van der Waals surface area contributed by atoms with Crippen LogP contribution in [0.4, 0.5) is 13.2 Å². The molecule has 0 aliphatic rings. The number of rotatable bonds is 6. The van der Waals surface area contributed by atoms with E-state index in [4.69, 9.17) is 4.74 Å². The second-order valence-electron chi connectivity index (χ2n) is 4.69. The second-order valence-corrected chi connectivity index (χ2v) is 4.69. The van der Waals surface area contributed by atoms with Crippen molar-refractivity contribution in [3.63, 3.8) is 0 Å². The smallest absolute Gasteiger partial charge is 0.409 e.